The minimum atomic E-state index is 0. The smallest absolute Gasteiger partial charge is 0.0566 e. The van der Waals surface area contributed by atoms with Gasteiger partial charge >= 0.3 is 0 Å². The Morgan fingerprint density at radius 3 is 2.38 bits per heavy atom. The molecule has 0 saturated carbocycles. The Hall–Kier alpha value is -0.0800. The minimum absolute atomic E-state index is 0. The molecule has 0 aromatic heterocycles. The number of hydrogen-bond donors (Lipinski definition) is 1. The molecule has 2 heteroatoms. The first-order valence-corrected chi connectivity index (χ1v) is 3.01. The van der Waals surface area contributed by atoms with Crippen LogP contribution in [0, 0.1) is 5.41 Å². The summed E-state index contributed by atoms with van der Waals surface area (Å²) in [5.41, 5.74) is 0.139. The quantitative estimate of drug-likeness (QED) is 0.602. The molecule has 8 heavy (non-hydrogen) atoms. The summed E-state index contributed by atoms with van der Waals surface area (Å²) in [6, 6.07) is 0. The van der Waals surface area contributed by atoms with E-state index in [9.17, 15) is 0 Å². The van der Waals surface area contributed by atoms with Crippen molar-refractivity contribution in [1.82, 2.24) is 0 Å². The van der Waals surface area contributed by atoms with E-state index in [-0.39, 0.29) is 17.7 Å². The highest BCUT2D eigenvalue weighted by Crippen LogP contribution is 2.29. The maximum atomic E-state index is 8.76. The van der Waals surface area contributed by atoms with E-state index < -0.39 is 0 Å². The van der Waals surface area contributed by atoms with Crippen LogP contribution in [0.15, 0.2) is 0 Å². The molecule has 1 aliphatic rings. The molecule has 56 valence electrons. The topological polar surface area (TPSA) is 29.5 Å². The maximum Gasteiger partial charge on any atom is 0.0566 e. The molecule has 0 aromatic carbocycles. The van der Waals surface area contributed by atoms with Crippen LogP contribution in [0.3, 0.4) is 0 Å². The van der Waals surface area contributed by atoms with Gasteiger partial charge in [0, 0.05) is 11.1 Å². The van der Waals surface area contributed by atoms with Crippen molar-refractivity contribution < 1.29 is 15.5 Å². The van der Waals surface area contributed by atoms with Crippen LogP contribution in [0.5, 0.6) is 0 Å². The first-order valence-electron chi connectivity index (χ1n) is 3.01. The van der Waals surface area contributed by atoms with Gasteiger partial charge in [-0.3, -0.25) is 0 Å². The second-order valence-corrected chi connectivity index (χ2v) is 2.50. The first-order chi connectivity index (χ1) is 3.83. The van der Waals surface area contributed by atoms with E-state index in [4.69, 9.17) is 9.84 Å². The highest BCUT2D eigenvalue weighted by Gasteiger charge is 2.35. The molecule has 0 spiro atoms. The van der Waals surface area contributed by atoms with Crippen molar-refractivity contribution in [2.75, 3.05) is 19.8 Å². The van der Waals surface area contributed by atoms with Crippen molar-refractivity contribution >= 4 is 0 Å². The summed E-state index contributed by atoms with van der Waals surface area (Å²) in [5, 5.41) is 8.76. The van der Waals surface area contributed by atoms with E-state index in [1.54, 1.807) is 0 Å². The molecule has 0 bridgehead atoms. The Kier molecular flexibility index (Phi) is 1.54. The normalized spacial score (nSPS) is 24.8. The molecule has 1 fully saturated rings. The summed E-state index contributed by atoms with van der Waals surface area (Å²) in [4.78, 5) is 0. The van der Waals surface area contributed by atoms with Crippen LogP contribution in [0.25, 0.3) is 0 Å². The highest BCUT2D eigenvalue weighted by molar-refractivity contribution is 4.82. The predicted molar refractivity (Wildman–Crippen MR) is 39.1 cm³/mol. The van der Waals surface area contributed by atoms with Crippen LogP contribution < -0.4 is 0 Å². The fourth-order valence-corrected chi connectivity index (χ4v) is 0.798. The van der Waals surface area contributed by atoms with E-state index >= 15 is 0 Å². The van der Waals surface area contributed by atoms with Gasteiger partial charge < -0.3 is 9.84 Å². The fraction of sp³-hybridized carbons (Fsp3) is 1.00. The average Bonchev–Trinajstić information content (AvgIpc) is 1.67. The second-order valence-electron chi connectivity index (χ2n) is 2.50. The summed E-state index contributed by atoms with van der Waals surface area (Å²) in [7, 11) is 0. The third-order valence-corrected chi connectivity index (χ3v) is 1.90. The Labute approximate surface area is 55.4 Å². The number of aliphatic hydroxyl groups excluding tert-OH is 1. The van der Waals surface area contributed by atoms with E-state index in [1.165, 1.54) is 0 Å². The van der Waals surface area contributed by atoms with Crippen molar-refractivity contribution in [2.24, 2.45) is 5.41 Å². The van der Waals surface area contributed by atoms with Crippen molar-refractivity contribution in [3.63, 3.8) is 0 Å². The average molecular weight is 124 g/mol. The van der Waals surface area contributed by atoms with Gasteiger partial charge in [-0.25, -0.2) is 0 Å². The first kappa shape index (κ1) is 6.05. The molecule has 0 radical (unpaired) electrons. The standard InChI is InChI=1S/C6H12O2.4H2/c1-2-6(3-7)4-8-5-6;;;;/h7H,2-5H2,1H3;4*1H. The van der Waals surface area contributed by atoms with Crippen LogP contribution in [0.4, 0.5) is 0 Å². The summed E-state index contributed by atoms with van der Waals surface area (Å²) >= 11 is 0. The van der Waals surface area contributed by atoms with Gasteiger partial charge in [0.05, 0.1) is 19.8 Å². The monoisotopic (exact) mass is 124 g/mol. The summed E-state index contributed by atoms with van der Waals surface area (Å²) < 4.78 is 4.96. The Balaban J connectivity index is -0.0000000800. The molecule has 1 N–H and O–H groups in total. The third kappa shape index (κ3) is 0.740. The zero-order valence-corrected chi connectivity index (χ0v) is 5.18. The number of aliphatic hydroxyl groups is 1. The third-order valence-electron chi connectivity index (χ3n) is 1.90. The molecule has 0 unspecified atom stereocenters. The molecule has 0 amide bonds. The highest BCUT2D eigenvalue weighted by atomic mass is 16.5. The van der Waals surface area contributed by atoms with Gasteiger partial charge in [-0.15, -0.1) is 0 Å². The zero-order valence-electron chi connectivity index (χ0n) is 5.18. The number of rotatable bonds is 2. The van der Waals surface area contributed by atoms with Gasteiger partial charge in [0.2, 0.25) is 0 Å². The SMILES string of the molecule is CCC1(CO)COC1.[HH].[HH].[HH].[HH]. The minimum Gasteiger partial charge on any atom is -0.396 e. The molecule has 1 rings (SSSR count). The number of hydrogen-bond acceptors (Lipinski definition) is 2. The van der Waals surface area contributed by atoms with Crippen LogP contribution in [0.2, 0.25) is 0 Å². The van der Waals surface area contributed by atoms with Gasteiger partial charge in [0.1, 0.15) is 0 Å². The van der Waals surface area contributed by atoms with Gasteiger partial charge in [-0.1, -0.05) is 6.92 Å². The Morgan fingerprint density at radius 2 is 2.38 bits per heavy atom. The summed E-state index contributed by atoms with van der Waals surface area (Å²) in [6.07, 6.45) is 1.03. The van der Waals surface area contributed by atoms with Crippen LogP contribution in [0.1, 0.15) is 19.1 Å². The molecule has 2 nitrogen and oxygen atoms in total. The van der Waals surface area contributed by atoms with Crippen molar-refractivity contribution in [2.45, 2.75) is 13.3 Å². The second kappa shape index (κ2) is 2.03. The Morgan fingerprint density at radius 1 is 1.75 bits per heavy atom. The largest absolute Gasteiger partial charge is 0.396 e. The van der Waals surface area contributed by atoms with Gasteiger partial charge in [-0.2, -0.15) is 0 Å². The zero-order chi connectivity index (χ0) is 6.04. The number of ether oxygens (including phenoxy) is 1. The van der Waals surface area contributed by atoms with E-state index in [2.05, 4.69) is 6.92 Å². The molecule has 1 aliphatic heterocycles. The van der Waals surface area contributed by atoms with Gasteiger partial charge in [0.15, 0.2) is 0 Å². The molecule has 0 aliphatic carbocycles. The lowest BCUT2D eigenvalue weighted by atomic mass is 9.84. The molecular formula is C6H20O2. The van der Waals surface area contributed by atoms with E-state index in [0.29, 0.717) is 0 Å². The van der Waals surface area contributed by atoms with Crippen LogP contribution in [-0.2, 0) is 4.74 Å². The lowest BCUT2D eigenvalue weighted by Gasteiger charge is -2.38. The molecule has 1 saturated heterocycles. The van der Waals surface area contributed by atoms with E-state index in [0.717, 1.165) is 19.6 Å². The molecule has 0 atom stereocenters. The Bertz CT molecular complexity index is 74.1. The molecule has 1 heterocycles. The predicted octanol–water partition coefficient (Wildman–Crippen LogP) is 1.39. The van der Waals surface area contributed by atoms with Crippen LogP contribution >= 0.6 is 0 Å². The molecular weight excluding hydrogens is 104 g/mol. The fourth-order valence-electron chi connectivity index (χ4n) is 0.798. The maximum absolute atomic E-state index is 8.76. The lowest BCUT2D eigenvalue weighted by molar-refractivity contribution is -0.138. The van der Waals surface area contributed by atoms with Crippen molar-refractivity contribution in [1.29, 1.82) is 0 Å². The van der Waals surface area contributed by atoms with E-state index in [1.807, 2.05) is 0 Å². The van der Waals surface area contributed by atoms with Crippen molar-refractivity contribution in [3.8, 4) is 0 Å². The van der Waals surface area contributed by atoms with Gasteiger partial charge in [0.25, 0.3) is 0 Å². The lowest BCUT2D eigenvalue weighted by Crippen LogP contribution is -2.44. The van der Waals surface area contributed by atoms with Crippen molar-refractivity contribution in [3.05, 3.63) is 0 Å². The van der Waals surface area contributed by atoms with Gasteiger partial charge in [-0.05, 0) is 6.42 Å². The summed E-state index contributed by atoms with van der Waals surface area (Å²) in [6.45, 7) is 3.86. The molecule has 0 aromatic rings. The van der Waals surface area contributed by atoms with Crippen LogP contribution in [-0.4, -0.2) is 24.9 Å². The summed E-state index contributed by atoms with van der Waals surface area (Å²) in [5.74, 6) is 0.